The van der Waals surface area contributed by atoms with Gasteiger partial charge in [-0.15, -0.1) is 0 Å². The summed E-state index contributed by atoms with van der Waals surface area (Å²) in [6.45, 7) is 1.95. The number of anilines is 3. The normalized spacial score (nSPS) is 24.4. The van der Waals surface area contributed by atoms with Crippen LogP contribution in [0.15, 0.2) is 142 Å². The van der Waals surface area contributed by atoms with Crippen molar-refractivity contribution >= 4 is 68.0 Å². The van der Waals surface area contributed by atoms with Crippen molar-refractivity contribution in [2.75, 3.05) is 36.4 Å². The molecule has 0 aromatic heterocycles. The Morgan fingerprint density at radius 2 is 1.48 bits per heavy atom. The van der Waals surface area contributed by atoms with E-state index in [1.807, 2.05) is 98.7 Å². The minimum absolute atomic E-state index is 0.114. The number of fused-ring (bicyclic) bond motifs is 4. The number of phenols is 1. The topological polar surface area (TPSA) is 144 Å². The average Bonchev–Trinajstić information content (AvgIpc) is 3.65. The van der Waals surface area contributed by atoms with Gasteiger partial charge in [-0.05, 0) is 104 Å². The molecule has 3 fully saturated rings. The molecule has 6 atom stereocenters. The Kier molecular flexibility index (Phi) is 10.1. The predicted octanol–water partition coefficient (Wildman–Crippen LogP) is 9.14. The number of carbonyl (C=O) groups is 4. The molecular weight excluding hydrogens is 836 g/mol. The van der Waals surface area contributed by atoms with Gasteiger partial charge in [0.1, 0.15) is 0 Å². The lowest BCUT2D eigenvalue weighted by Gasteiger charge is -2.50. The van der Waals surface area contributed by atoms with Crippen molar-refractivity contribution in [1.82, 2.24) is 5.01 Å². The number of nitrogens with zero attached hydrogens (tertiary/aromatic N) is 5. The zero-order valence-corrected chi connectivity index (χ0v) is 35.5. The van der Waals surface area contributed by atoms with Crippen LogP contribution in [0.1, 0.15) is 35.4 Å². The highest BCUT2D eigenvalue weighted by Gasteiger charge is 2.70. The van der Waals surface area contributed by atoms with Gasteiger partial charge in [0.2, 0.25) is 11.8 Å². The first-order valence-corrected chi connectivity index (χ1v) is 20.9. The van der Waals surface area contributed by atoms with E-state index >= 15 is 9.59 Å². The summed E-state index contributed by atoms with van der Waals surface area (Å²) in [5.74, 6) is -5.75. The van der Waals surface area contributed by atoms with E-state index in [9.17, 15) is 14.7 Å². The summed E-state index contributed by atoms with van der Waals surface area (Å²) in [6, 6.07) is 34.4. The summed E-state index contributed by atoms with van der Waals surface area (Å²) >= 11 is 3.60. The molecule has 2 N–H and O–H groups in total. The number of nitrogens with one attached hydrogen (secondary N) is 1. The number of hydrogen-bond acceptors (Lipinski definition) is 10. The molecule has 2 aliphatic heterocycles. The molecule has 12 nitrogen and oxygen atoms in total. The number of hydrazine groups is 1. The summed E-state index contributed by atoms with van der Waals surface area (Å²) < 4.78 is 6.22. The third-order valence-electron chi connectivity index (χ3n) is 12.7. The number of aromatic hydroxyl groups is 1. The van der Waals surface area contributed by atoms with Crippen molar-refractivity contribution in [2.24, 2.45) is 33.9 Å². The Morgan fingerprint density at radius 1 is 0.820 bits per heavy atom. The maximum absolute atomic E-state index is 15.5. The van der Waals surface area contributed by atoms with Crippen LogP contribution < -0.4 is 20.0 Å². The van der Waals surface area contributed by atoms with E-state index in [0.29, 0.717) is 43.9 Å². The maximum atomic E-state index is 15.5. The summed E-state index contributed by atoms with van der Waals surface area (Å²) in [6.07, 6.45) is 2.30. The highest BCUT2D eigenvalue weighted by molar-refractivity contribution is 9.10. The highest BCUT2D eigenvalue weighted by atomic mass is 79.9. The zero-order valence-electron chi connectivity index (χ0n) is 34.0. The predicted molar refractivity (Wildman–Crippen MR) is 235 cm³/mol. The van der Waals surface area contributed by atoms with Crippen LogP contribution in [0.3, 0.4) is 0 Å². The molecule has 308 valence electrons. The summed E-state index contributed by atoms with van der Waals surface area (Å²) in [5.41, 5.74) is 7.46. The second-order valence-electron chi connectivity index (χ2n) is 16.3. The van der Waals surface area contributed by atoms with Crippen LogP contribution in [0, 0.1) is 30.6 Å². The van der Waals surface area contributed by atoms with Crippen molar-refractivity contribution in [2.45, 2.75) is 31.1 Å². The molecule has 0 spiro atoms. The number of hydrogen-bond donors (Lipinski definition) is 2. The Labute approximate surface area is 361 Å². The molecule has 13 heteroatoms. The molecule has 0 radical (unpaired) electrons. The number of carbonyl (C=O) groups excluding carboxylic acids is 4. The minimum Gasteiger partial charge on any atom is -0.504 e. The largest absolute Gasteiger partial charge is 0.504 e. The lowest BCUT2D eigenvalue weighted by atomic mass is 9.49. The van der Waals surface area contributed by atoms with Crippen LogP contribution >= 0.6 is 15.9 Å². The molecule has 4 amide bonds. The average molecular weight is 880 g/mol. The van der Waals surface area contributed by atoms with Gasteiger partial charge in [0.15, 0.2) is 11.5 Å². The molecular formula is C48H43BrN6O6. The monoisotopic (exact) mass is 878 g/mol. The van der Waals surface area contributed by atoms with Crippen LogP contribution in [0.4, 0.5) is 28.4 Å². The van der Waals surface area contributed by atoms with E-state index in [2.05, 4.69) is 31.6 Å². The van der Waals surface area contributed by atoms with Gasteiger partial charge in [-0.3, -0.25) is 29.5 Å². The molecule has 61 heavy (non-hydrogen) atoms. The number of benzene rings is 5. The summed E-state index contributed by atoms with van der Waals surface area (Å²) in [4.78, 5) is 62.9. The van der Waals surface area contributed by atoms with Crippen LogP contribution in [-0.4, -0.2) is 54.9 Å². The third kappa shape index (κ3) is 6.49. The first kappa shape index (κ1) is 39.8. The van der Waals surface area contributed by atoms with Crippen molar-refractivity contribution in [3.05, 3.63) is 148 Å². The maximum Gasteiger partial charge on any atom is 0.260 e. The molecule has 0 bridgehead atoms. The Balaban J connectivity index is 1.12. The molecule has 2 saturated heterocycles. The first-order chi connectivity index (χ1) is 29.4. The van der Waals surface area contributed by atoms with Gasteiger partial charge in [0.25, 0.3) is 11.8 Å². The van der Waals surface area contributed by atoms with Gasteiger partial charge in [0.05, 0.1) is 53.0 Å². The second-order valence-corrected chi connectivity index (χ2v) is 17.2. The molecule has 5 aromatic carbocycles. The number of halogens is 1. The molecule has 2 heterocycles. The SMILES string of the molecule is COc1cc(Br)cc([C@H]2C3=CC[C@@H]4C(=O)N(c5ccc(N=Nc6ccc(N(C)C)cc6)cc5)C(=O)[C@@H]4[C@@H]3C[C@H]3C(=O)N(Nc4ccc(C)cc4)C(=O)[C@@]23c2ccccc2)c1O. The fraction of sp³-hybridized carbons (Fsp3) is 0.250. The molecule has 5 aromatic rings. The zero-order chi connectivity index (χ0) is 42.7. The van der Waals surface area contributed by atoms with E-state index < -0.39 is 46.8 Å². The summed E-state index contributed by atoms with van der Waals surface area (Å²) in [7, 11) is 5.38. The fourth-order valence-electron chi connectivity index (χ4n) is 9.92. The number of imide groups is 2. The molecule has 2 aliphatic carbocycles. The summed E-state index contributed by atoms with van der Waals surface area (Å²) in [5, 5.41) is 21.8. The van der Waals surface area contributed by atoms with Gasteiger partial charge in [-0.1, -0.05) is 75.6 Å². The Morgan fingerprint density at radius 3 is 2.11 bits per heavy atom. The fourth-order valence-corrected chi connectivity index (χ4v) is 10.4. The lowest BCUT2D eigenvalue weighted by molar-refractivity contribution is -0.138. The number of aryl methyl sites for hydroxylation is 1. The smallest absolute Gasteiger partial charge is 0.260 e. The van der Waals surface area contributed by atoms with Crippen molar-refractivity contribution in [3.63, 3.8) is 0 Å². The van der Waals surface area contributed by atoms with Gasteiger partial charge in [-0.2, -0.15) is 15.2 Å². The third-order valence-corrected chi connectivity index (χ3v) is 13.2. The van der Waals surface area contributed by atoms with Crippen molar-refractivity contribution in [3.8, 4) is 11.5 Å². The van der Waals surface area contributed by atoms with Gasteiger partial charge >= 0.3 is 0 Å². The minimum atomic E-state index is -1.56. The highest BCUT2D eigenvalue weighted by Crippen LogP contribution is 2.65. The number of phenolic OH excluding ortho intramolecular Hbond substituents is 1. The van der Waals surface area contributed by atoms with Crippen molar-refractivity contribution in [1.29, 1.82) is 0 Å². The van der Waals surface area contributed by atoms with Gasteiger partial charge in [0, 0.05) is 35.7 Å². The number of amides is 4. The van der Waals surface area contributed by atoms with E-state index in [1.165, 1.54) is 12.0 Å². The van der Waals surface area contributed by atoms with Crippen LogP contribution in [0.5, 0.6) is 11.5 Å². The quantitative estimate of drug-likeness (QED) is 0.0848. The standard InChI is InChI=1S/C48H43BrN6O6/c1-27-10-12-32(13-11-27)52-55-45(58)39-26-37-35(42(38-24-29(49)25-40(61-4)43(38)56)48(39,47(55)60)28-8-6-5-7-9-28)22-23-36-41(37)46(59)54(44(36)57)34-20-16-31(17-21-34)51-50-30-14-18-33(19-15-30)53(2)3/h5-22,24-25,36-37,39,41-42,52,56H,23,26H2,1-4H3/t36-,37+,39-,41-,42+,48+/m0/s1. The van der Waals surface area contributed by atoms with Gasteiger partial charge < -0.3 is 14.7 Å². The molecule has 4 aliphatic rings. The number of methoxy groups -OCH3 is 1. The van der Waals surface area contributed by atoms with Crippen molar-refractivity contribution < 1.29 is 29.0 Å². The first-order valence-electron chi connectivity index (χ1n) is 20.1. The molecule has 9 rings (SSSR count). The Hall–Kier alpha value is -6.60. The van der Waals surface area contributed by atoms with E-state index in [4.69, 9.17) is 4.74 Å². The van der Waals surface area contributed by atoms with Crippen LogP contribution in [-0.2, 0) is 24.6 Å². The van der Waals surface area contributed by atoms with E-state index in [-0.39, 0.29) is 36.2 Å². The van der Waals surface area contributed by atoms with Crippen LogP contribution in [0.2, 0.25) is 0 Å². The number of ether oxygens (including phenoxy) is 1. The number of rotatable bonds is 9. The van der Waals surface area contributed by atoms with E-state index in [1.54, 1.807) is 48.5 Å². The van der Waals surface area contributed by atoms with Gasteiger partial charge in [-0.25, -0.2) is 0 Å². The van der Waals surface area contributed by atoms with Crippen LogP contribution in [0.25, 0.3) is 0 Å². The Bertz CT molecular complexity index is 2630. The number of azo groups is 1. The number of allylic oxidation sites excluding steroid dienone is 2. The molecule has 1 saturated carbocycles. The molecule has 0 unspecified atom stereocenters. The lowest BCUT2D eigenvalue weighted by Crippen LogP contribution is -2.53. The van der Waals surface area contributed by atoms with E-state index in [0.717, 1.165) is 16.3 Å². The second kappa shape index (κ2) is 15.5.